The van der Waals surface area contributed by atoms with Gasteiger partial charge in [0.15, 0.2) is 5.16 Å². The summed E-state index contributed by atoms with van der Waals surface area (Å²) in [5, 5.41) is 23.0. The second-order valence-corrected chi connectivity index (χ2v) is 8.95. The molecule has 0 spiro atoms. The summed E-state index contributed by atoms with van der Waals surface area (Å²) in [6.45, 7) is 4.40. The third-order valence-electron chi connectivity index (χ3n) is 5.37. The number of hydrogen-bond acceptors (Lipinski definition) is 6. The standard InChI is InChI=1S/C21H26ClN5O3S/c1-2-12-26-19(11-8-15-6-4-3-5-7-15)24-25-21(26)31-14-20(28)23-16-9-10-17(22)18(13-16)27(29)30/h2,9-10,13,15H,1,3-8,11-12,14H2,(H,23,28). The highest BCUT2D eigenvalue weighted by Crippen LogP contribution is 2.29. The SMILES string of the molecule is C=CCn1c(CCC2CCCCC2)nnc1SCC(=O)Nc1ccc(Cl)c([N+](=O)[O-])c1. The zero-order chi connectivity index (χ0) is 22.2. The van der Waals surface area contributed by atoms with Gasteiger partial charge in [-0.05, 0) is 24.5 Å². The predicted molar refractivity (Wildman–Crippen MR) is 123 cm³/mol. The summed E-state index contributed by atoms with van der Waals surface area (Å²) in [5.41, 5.74) is 0.0721. The van der Waals surface area contributed by atoms with Gasteiger partial charge in [-0.1, -0.05) is 61.5 Å². The van der Waals surface area contributed by atoms with Crippen molar-refractivity contribution in [3.05, 3.63) is 51.8 Å². The fourth-order valence-electron chi connectivity index (χ4n) is 3.79. The van der Waals surface area contributed by atoms with Gasteiger partial charge in [0.25, 0.3) is 5.69 Å². The molecule has 31 heavy (non-hydrogen) atoms. The van der Waals surface area contributed by atoms with Crippen LogP contribution in [-0.2, 0) is 17.8 Å². The number of carbonyl (C=O) groups is 1. The van der Waals surface area contributed by atoms with E-state index in [1.165, 1.54) is 62.1 Å². The van der Waals surface area contributed by atoms with Gasteiger partial charge in [-0.25, -0.2) is 0 Å². The van der Waals surface area contributed by atoms with Crippen molar-refractivity contribution < 1.29 is 9.72 Å². The molecule has 3 rings (SSSR count). The first-order valence-corrected chi connectivity index (χ1v) is 11.7. The molecule has 8 nitrogen and oxygen atoms in total. The van der Waals surface area contributed by atoms with Crippen molar-refractivity contribution in [1.29, 1.82) is 0 Å². The average Bonchev–Trinajstić information content (AvgIpc) is 3.14. The number of halogens is 1. The first-order valence-electron chi connectivity index (χ1n) is 10.4. The molecule has 10 heteroatoms. The van der Waals surface area contributed by atoms with Crippen molar-refractivity contribution in [2.24, 2.45) is 5.92 Å². The number of anilines is 1. The molecule has 1 amide bonds. The van der Waals surface area contributed by atoms with E-state index in [-0.39, 0.29) is 22.4 Å². The van der Waals surface area contributed by atoms with Crippen LogP contribution >= 0.6 is 23.4 Å². The third kappa shape index (κ3) is 6.54. The van der Waals surface area contributed by atoms with E-state index in [2.05, 4.69) is 22.1 Å². The molecule has 1 aromatic carbocycles. The van der Waals surface area contributed by atoms with Crippen molar-refractivity contribution in [3.63, 3.8) is 0 Å². The van der Waals surface area contributed by atoms with Crippen molar-refractivity contribution in [1.82, 2.24) is 14.8 Å². The normalized spacial score (nSPS) is 14.4. The van der Waals surface area contributed by atoms with E-state index in [4.69, 9.17) is 11.6 Å². The van der Waals surface area contributed by atoms with Crippen LogP contribution in [0.2, 0.25) is 5.02 Å². The number of aromatic nitrogens is 3. The molecule has 1 aromatic heterocycles. The molecule has 1 saturated carbocycles. The van der Waals surface area contributed by atoms with Crippen LogP contribution in [0.1, 0.15) is 44.3 Å². The van der Waals surface area contributed by atoms with Crippen LogP contribution in [0.25, 0.3) is 0 Å². The summed E-state index contributed by atoms with van der Waals surface area (Å²) in [4.78, 5) is 22.8. The Balaban J connectivity index is 1.58. The second-order valence-electron chi connectivity index (χ2n) is 7.60. The lowest BCUT2D eigenvalue weighted by Crippen LogP contribution is -2.15. The number of hydrogen-bond donors (Lipinski definition) is 1. The Hall–Kier alpha value is -2.39. The van der Waals surface area contributed by atoms with Crippen LogP contribution in [0.5, 0.6) is 0 Å². The molecule has 2 aromatic rings. The van der Waals surface area contributed by atoms with E-state index < -0.39 is 4.92 Å². The number of amides is 1. The quantitative estimate of drug-likeness (QED) is 0.223. The molecular weight excluding hydrogens is 438 g/mol. The fourth-order valence-corrected chi connectivity index (χ4v) is 4.74. The number of allylic oxidation sites excluding steroid dienone is 1. The van der Waals surface area contributed by atoms with E-state index in [1.807, 2.05) is 4.57 Å². The molecule has 0 radical (unpaired) electrons. The Morgan fingerprint density at radius 1 is 1.35 bits per heavy atom. The first kappa shape index (κ1) is 23.3. The van der Waals surface area contributed by atoms with Crippen molar-refractivity contribution in [2.75, 3.05) is 11.1 Å². The number of nitrogens with zero attached hydrogens (tertiary/aromatic N) is 4. The number of rotatable bonds is 10. The second kappa shape index (κ2) is 11.3. The molecule has 0 bridgehead atoms. The predicted octanol–water partition coefficient (Wildman–Crippen LogP) is 5.27. The van der Waals surface area contributed by atoms with Gasteiger partial charge in [0.1, 0.15) is 10.8 Å². The number of aryl methyl sites for hydroxylation is 1. The van der Waals surface area contributed by atoms with Crippen LogP contribution in [0, 0.1) is 16.0 Å². The minimum absolute atomic E-state index is 0.0238. The minimum Gasteiger partial charge on any atom is -0.325 e. The summed E-state index contributed by atoms with van der Waals surface area (Å²) in [6, 6.07) is 4.16. The molecule has 1 fully saturated rings. The Morgan fingerprint density at radius 3 is 2.84 bits per heavy atom. The lowest BCUT2D eigenvalue weighted by molar-refractivity contribution is -0.384. The fraction of sp³-hybridized carbons (Fsp3) is 0.476. The largest absolute Gasteiger partial charge is 0.325 e. The molecule has 0 aliphatic heterocycles. The summed E-state index contributed by atoms with van der Waals surface area (Å²) in [5.74, 6) is 1.49. The number of nitrogens with one attached hydrogen (secondary N) is 1. The van der Waals surface area contributed by atoms with E-state index in [9.17, 15) is 14.9 Å². The molecule has 166 valence electrons. The lowest BCUT2D eigenvalue weighted by atomic mass is 9.86. The summed E-state index contributed by atoms with van der Waals surface area (Å²) in [7, 11) is 0. The van der Waals surface area contributed by atoms with Crippen LogP contribution < -0.4 is 5.32 Å². The number of nitro groups is 1. The van der Waals surface area contributed by atoms with Gasteiger partial charge in [0.05, 0.1) is 10.7 Å². The van der Waals surface area contributed by atoms with Crippen LogP contribution in [0.4, 0.5) is 11.4 Å². The van der Waals surface area contributed by atoms with E-state index in [0.717, 1.165) is 24.6 Å². The maximum atomic E-state index is 12.3. The summed E-state index contributed by atoms with van der Waals surface area (Å²) >= 11 is 7.09. The van der Waals surface area contributed by atoms with Gasteiger partial charge in [-0.3, -0.25) is 14.9 Å². The van der Waals surface area contributed by atoms with Gasteiger partial charge < -0.3 is 9.88 Å². The summed E-state index contributed by atoms with van der Waals surface area (Å²) in [6.07, 6.45) is 10.3. The molecule has 0 atom stereocenters. The van der Waals surface area contributed by atoms with Crippen LogP contribution in [0.3, 0.4) is 0 Å². The maximum Gasteiger partial charge on any atom is 0.289 e. The zero-order valence-electron chi connectivity index (χ0n) is 17.3. The molecule has 1 aliphatic carbocycles. The van der Waals surface area contributed by atoms with Crippen molar-refractivity contribution >= 4 is 40.6 Å². The van der Waals surface area contributed by atoms with Gasteiger partial charge in [-0.15, -0.1) is 16.8 Å². The molecule has 0 saturated heterocycles. The topological polar surface area (TPSA) is 103 Å². The smallest absolute Gasteiger partial charge is 0.289 e. The highest BCUT2D eigenvalue weighted by atomic mass is 35.5. The monoisotopic (exact) mass is 463 g/mol. The molecular formula is C21H26ClN5O3S. The van der Waals surface area contributed by atoms with Gasteiger partial charge in [-0.2, -0.15) is 0 Å². The minimum atomic E-state index is -0.584. The third-order valence-corrected chi connectivity index (χ3v) is 6.65. The number of carbonyl (C=O) groups excluding carboxylic acids is 1. The zero-order valence-corrected chi connectivity index (χ0v) is 18.8. The highest BCUT2D eigenvalue weighted by molar-refractivity contribution is 7.99. The van der Waals surface area contributed by atoms with Gasteiger partial charge in [0.2, 0.25) is 5.91 Å². The Kier molecular flexibility index (Phi) is 8.48. The Bertz CT molecular complexity index is 943. The number of nitro benzene ring substituents is 1. The molecule has 1 heterocycles. The van der Waals surface area contributed by atoms with Crippen molar-refractivity contribution in [2.45, 2.75) is 56.6 Å². The van der Waals surface area contributed by atoms with Gasteiger partial charge in [0, 0.05) is 24.7 Å². The van der Waals surface area contributed by atoms with Crippen LogP contribution in [-0.4, -0.2) is 31.3 Å². The summed E-state index contributed by atoms with van der Waals surface area (Å²) < 4.78 is 2.00. The molecule has 1 N–H and O–H groups in total. The number of benzene rings is 1. The first-order chi connectivity index (χ1) is 15.0. The molecule has 1 aliphatic rings. The molecule has 0 unspecified atom stereocenters. The van der Waals surface area contributed by atoms with E-state index in [0.29, 0.717) is 17.4 Å². The Labute approximate surface area is 190 Å². The van der Waals surface area contributed by atoms with Crippen molar-refractivity contribution in [3.8, 4) is 0 Å². The van der Waals surface area contributed by atoms with Gasteiger partial charge >= 0.3 is 0 Å². The lowest BCUT2D eigenvalue weighted by Gasteiger charge is -2.21. The highest BCUT2D eigenvalue weighted by Gasteiger charge is 2.18. The maximum absolute atomic E-state index is 12.3. The van der Waals surface area contributed by atoms with E-state index >= 15 is 0 Å². The van der Waals surface area contributed by atoms with E-state index in [1.54, 1.807) is 6.08 Å². The average molecular weight is 464 g/mol. The van der Waals surface area contributed by atoms with Crippen LogP contribution in [0.15, 0.2) is 36.0 Å². The Morgan fingerprint density at radius 2 is 2.13 bits per heavy atom. The number of thioether (sulfide) groups is 1.